The molecule has 0 unspecified atom stereocenters. The lowest BCUT2D eigenvalue weighted by Gasteiger charge is -2.22. The second kappa shape index (κ2) is 6.34. The fraction of sp³-hybridized carbons (Fsp3) is 0.364. The third-order valence-electron chi connectivity index (χ3n) is 2.45. The summed E-state index contributed by atoms with van der Waals surface area (Å²) in [5.74, 6) is -0.923. The smallest absolute Gasteiger partial charge is 0.305 e. The van der Waals surface area contributed by atoms with Crippen molar-refractivity contribution in [1.29, 1.82) is 0 Å². The Balaban J connectivity index is 3.04. The standard InChI is InChI=1S/C11H13BrN2O4/c1-2-13(6-5-11(15)16)9-4-3-8(12)7-10(9)14(17)18/h3-4,7H,2,5-6H2,1H3,(H,15,16). The average molecular weight is 317 g/mol. The van der Waals surface area contributed by atoms with Crippen molar-refractivity contribution in [3.8, 4) is 0 Å². The normalized spacial score (nSPS) is 10.1. The molecular formula is C11H13BrN2O4. The minimum atomic E-state index is -0.923. The van der Waals surface area contributed by atoms with E-state index in [1.165, 1.54) is 6.07 Å². The van der Waals surface area contributed by atoms with Crippen molar-refractivity contribution in [2.75, 3.05) is 18.0 Å². The first-order valence-electron chi connectivity index (χ1n) is 5.36. The van der Waals surface area contributed by atoms with Crippen molar-refractivity contribution in [2.45, 2.75) is 13.3 Å². The number of hydrogen-bond donors (Lipinski definition) is 1. The molecule has 0 aromatic heterocycles. The number of carboxylic acids is 1. The van der Waals surface area contributed by atoms with Gasteiger partial charge in [-0.05, 0) is 19.1 Å². The molecule has 0 aliphatic carbocycles. The molecular weight excluding hydrogens is 304 g/mol. The summed E-state index contributed by atoms with van der Waals surface area (Å²) in [7, 11) is 0. The molecule has 1 aromatic carbocycles. The van der Waals surface area contributed by atoms with E-state index in [9.17, 15) is 14.9 Å². The molecule has 0 heterocycles. The molecule has 1 N–H and O–H groups in total. The second-order valence-electron chi connectivity index (χ2n) is 3.61. The van der Waals surface area contributed by atoms with E-state index in [-0.39, 0.29) is 18.7 Å². The van der Waals surface area contributed by atoms with Crippen molar-refractivity contribution in [2.24, 2.45) is 0 Å². The summed E-state index contributed by atoms with van der Waals surface area (Å²) in [4.78, 5) is 22.7. The molecule has 0 bridgehead atoms. The summed E-state index contributed by atoms with van der Waals surface area (Å²) in [6.45, 7) is 2.58. The maximum Gasteiger partial charge on any atom is 0.305 e. The molecule has 0 radical (unpaired) electrons. The van der Waals surface area contributed by atoms with Gasteiger partial charge in [0.15, 0.2) is 0 Å². The molecule has 0 aliphatic heterocycles. The number of halogens is 1. The third kappa shape index (κ3) is 3.69. The van der Waals surface area contributed by atoms with Crippen LogP contribution in [0.5, 0.6) is 0 Å². The Morgan fingerprint density at radius 1 is 1.56 bits per heavy atom. The van der Waals surface area contributed by atoms with Gasteiger partial charge in [0, 0.05) is 23.6 Å². The minimum Gasteiger partial charge on any atom is -0.481 e. The van der Waals surface area contributed by atoms with E-state index in [0.717, 1.165) is 0 Å². The summed E-state index contributed by atoms with van der Waals surface area (Å²) in [6.07, 6.45) is -0.0545. The molecule has 18 heavy (non-hydrogen) atoms. The van der Waals surface area contributed by atoms with Gasteiger partial charge in [0.05, 0.1) is 11.3 Å². The Labute approximate surface area is 112 Å². The van der Waals surface area contributed by atoms with Crippen LogP contribution in [-0.2, 0) is 4.79 Å². The van der Waals surface area contributed by atoms with Crippen LogP contribution in [0.15, 0.2) is 22.7 Å². The lowest BCUT2D eigenvalue weighted by Crippen LogP contribution is -2.26. The molecule has 1 aromatic rings. The van der Waals surface area contributed by atoms with E-state index < -0.39 is 10.9 Å². The first-order chi connectivity index (χ1) is 8.45. The van der Waals surface area contributed by atoms with Crippen LogP contribution in [0.1, 0.15) is 13.3 Å². The fourth-order valence-corrected chi connectivity index (χ4v) is 1.94. The van der Waals surface area contributed by atoms with Gasteiger partial charge in [-0.25, -0.2) is 0 Å². The zero-order valence-corrected chi connectivity index (χ0v) is 11.4. The van der Waals surface area contributed by atoms with E-state index in [1.54, 1.807) is 17.0 Å². The number of aliphatic carboxylic acids is 1. The van der Waals surface area contributed by atoms with E-state index >= 15 is 0 Å². The molecule has 0 saturated heterocycles. The van der Waals surface area contributed by atoms with Crippen LogP contribution < -0.4 is 4.90 Å². The highest BCUT2D eigenvalue weighted by molar-refractivity contribution is 9.10. The zero-order chi connectivity index (χ0) is 13.7. The molecule has 0 aliphatic rings. The van der Waals surface area contributed by atoms with Crippen LogP contribution >= 0.6 is 15.9 Å². The van der Waals surface area contributed by atoms with Gasteiger partial charge >= 0.3 is 5.97 Å². The van der Waals surface area contributed by atoms with Gasteiger partial charge in [-0.2, -0.15) is 0 Å². The Kier molecular flexibility index (Phi) is 5.08. The second-order valence-corrected chi connectivity index (χ2v) is 4.53. The molecule has 0 saturated carbocycles. The van der Waals surface area contributed by atoms with Gasteiger partial charge < -0.3 is 10.0 Å². The van der Waals surface area contributed by atoms with E-state index in [4.69, 9.17) is 5.11 Å². The number of rotatable bonds is 6. The molecule has 1 rings (SSSR count). The van der Waals surface area contributed by atoms with Crippen LogP contribution in [0, 0.1) is 10.1 Å². The van der Waals surface area contributed by atoms with Crippen LogP contribution in [0.2, 0.25) is 0 Å². The number of benzene rings is 1. The van der Waals surface area contributed by atoms with E-state index in [1.807, 2.05) is 6.92 Å². The van der Waals surface area contributed by atoms with Crippen molar-refractivity contribution in [3.05, 3.63) is 32.8 Å². The highest BCUT2D eigenvalue weighted by Gasteiger charge is 2.19. The maximum atomic E-state index is 11.0. The van der Waals surface area contributed by atoms with Gasteiger partial charge in [0.25, 0.3) is 5.69 Å². The van der Waals surface area contributed by atoms with Crippen LogP contribution in [0.4, 0.5) is 11.4 Å². The van der Waals surface area contributed by atoms with Crippen molar-refractivity contribution < 1.29 is 14.8 Å². The number of nitro benzene ring substituents is 1. The predicted molar refractivity (Wildman–Crippen MR) is 70.9 cm³/mol. The van der Waals surface area contributed by atoms with Gasteiger partial charge in [-0.15, -0.1) is 0 Å². The topological polar surface area (TPSA) is 83.7 Å². The third-order valence-corrected chi connectivity index (χ3v) is 2.95. The number of nitrogens with zero attached hydrogens (tertiary/aromatic N) is 2. The van der Waals surface area contributed by atoms with Crippen LogP contribution in [0.3, 0.4) is 0 Å². The molecule has 0 amide bonds. The van der Waals surface area contributed by atoms with Gasteiger partial charge in [-0.3, -0.25) is 14.9 Å². The molecule has 6 nitrogen and oxygen atoms in total. The number of hydrogen-bond acceptors (Lipinski definition) is 4. The summed E-state index contributed by atoms with van der Waals surface area (Å²) < 4.78 is 0.618. The fourth-order valence-electron chi connectivity index (χ4n) is 1.59. The first kappa shape index (κ1) is 14.4. The molecule has 0 atom stereocenters. The Morgan fingerprint density at radius 2 is 2.22 bits per heavy atom. The van der Waals surface area contributed by atoms with Gasteiger partial charge in [-0.1, -0.05) is 15.9 Å². The van der Waals surface area contributed by atoms with E-state index in [2.05, 4.69) is 15.9 Å². The van der Waals surface area contributed by atoms with Gasteiger partial charge in [0.1, 0.15) is 5.69 Å². The Morgan fingerprint density at radius 3 is 2.72 bits per heavy atom. The predicted octanol–water partition coefficient (Wildman–Crippen LogP) is 2.66. The quantitative estimate of drug-likeness (QED) is 0.644. The largest absolute Gasteiger partial charge is 0.481 e. The highest BCUT2D eigenvalue weighted by atomic mass is 79.9. The summed E-state index contributed by atoms with van der Waals surface area (Å²) >= 11 is 3.18. The molecule has 0 fully saturated rings. The van der Waals surface area contributed by atoms with Crippen LogP contribution in [-0.4, -0.2) is 29.1 Å². The van der Waals surface area contributed by atoms with Crippen LogP contribution in [0.25, 0.3) is 0 Å². The Bertz CT molecular complexity index is 464. The maximum absolute atomic E-state index is 11.0. The van der Waals surface area contributed by atoms with E-state index in [0.29, 0.717) is 16.7 Å². The minimum absolute atomic E-state index is 0.0309. The lowest BCUT2D eigenvalue weighted by atomic mass is 10.2. The monoisotopic (exact) mass is 316 g/mol. The van der Waals surface area contributed by atoms with Crippen molar-refractivity contribution in [1.82, 2.24) is 0 Å². The molecule has 7 heteroatoms. The lowest BCUT2D eigenvalue weighted by molar-refractivity contribution is -0.384. The summed E-state index contributed by atoms with van der Waals surface area (Å²) in [5, 5.41) is 19.6. The average Bonchev–Trinajstić information content (AvgIpc) is 2.30. The molecule has 98 valence electrons. The number of anilines is 1. The number of carbonyl (C=O) groups is 1. The highest BCUT2D eigenvalue weighted by Crippen LogP contribution is 2.31. The van der Waals surface area contributed by atoms with Crippen molar-refractivity contribution >= 4 is 33.3 Å². The Hall–Kier alpha value is -1.63. The SMILES string of the molecule is CCN(CCC(=O)O)c1ccc(Br)cc1[N+](=O)[O-]. The number of carboxylic acid groups (broad SMARTS) is 1. The molecule has 0 spiro atoms. The first-order valence-corrected chi connectivity index (χ1v) is 6.15. The van der Waals surface area contributed by atoms with Gasteiger partial charge in [0.2, 0.25) is 0 Å². The zero-order valence-electron chi connectivity index (χ0n) is 9.80. The number of nitro groups is 1. The summed E-state index contributed by atoms with van der Waals surface area (Å²) in [6, 6.07) is 4.73. The van der Waals surface area contributed by atoms with Crippen molar-refractivity contribution in [3.63, 3.8) is 0 Å². The summed E-state index contributed by atoms with van der Waals surface area (Å²) in [5.41, 5.74) is 0.406.